The molecule has 158 valence electrons. The Balaban J connectivity index is 1.93. The normalized spacial score (nSPS) is 21.0. The van der Waals surface area contributed by atoms with Gasteiger partial charge in [-0.05, 0) is 29.9 Å². The number of hydrogen-bond donors (Lipinski definition) is 2. The van der Waals surface area contributed by atoms with E-state index in [1.165, 1.54) is 0 Å². The van der Waals surface area contributed by atoms with E-state index in [1.807, 2.05) is 24.3 Å². The predicted molar refractivity (Wildman–Crippen MR) is 125 cm³/mol. The molecule has 1 aliphatic heterocycles. The monoisotopic (exact) mass is 487 g/mol. The fourth-order valence-electron chi connectivity index (χ4n) is 4.24. The van der Waals surface area contributed by atoms with Gasteiger partial charge in [0.2, 0.25) is 0 Å². The van der Waals surface area contributed by atoms with Crippen LogP contribution in [-0.2, 0) is 4.79 Å². The van der Waals surface area contributed by atoms with Gasteiger partial charge in [0, 0.05) is 33.3 Å². The first-order valence-electron chi connectivity index (χ1n) is 10.3. The molecule has 0 fully saturated rings. The Morgan fingerprint density at radius 1 is 1.27 bits per heavy atom. The zero-order chi connectivity index (χ0) is 21.6. The van der Waals surface area contributed by atoms with Crippen molar-refractivity contribution < 1.29 is 4.79 Å². The first kappa shape index (κ1) is 21.4. The zero-order valence-corrected chi connectivity index (χ0v) is 20.0. The van der Waals surface area contributed by atoms with Gasteiger partial charge in [-0.15, -0.1) is 0 Å². The van der Waals surface area contributed by atoms with E-state index in [0.29, 0.717) is 33.8 Å². The average molecular weight is 488 g/mol. The maximum absolute atomic E-state index is 13.3. The quantitative estimate of drug-likeness (QED) is 0.432. The number of carbonyl (C=O) groups is 1. The minimum Gasteiger partial charge on any atom is -0.343 e. The van der Waals surface area contributed by atoms with Crippen LogP contribution in [0.3, 0.4) is 0 Å². The van der Waals surface area contributed by atoms with Crippen LogP contribution in [0.1, 0.15) is 64.0 Å². The SMILES string of the molecule is CC[C@H](C)Sc1nc2c(c(=O)[nH]1)[C@@H](c1ccccc1Br)C1=C(CC(C)(C)CC1=O)N2. The van der Waals surface area contributed by atoms with E-state index >= 15 is 0 Å². The van der Waals surface area contributed by atoms with Crippen LogP contribution >= 0.6 is 27.7 Å². The van der Waals surface area contributed by atoms with Gasteiger partial charge in [0.25, 0.3) is 5.56 Å². The Bertz CT molecular complexity index is 1110. The second-order valence-electron chi connectivity index (χ2n) is 8.88. The van der Waals surface area contributed by atoms with Crippen molar-refractivity contribution in [2.24, 2.45) is 5.41 Å². The summed E-state index contributed by atoms with van der Waals surface area (Å²) in [6, 6.07) is 7.80. The number of Topliss-reactive ketones (excluding diaryl/α,β-unsaturated/α-hetero) is 1. The van der Waals surface area contributed by atoms with Crippen LogP contribution in [0.5, 0.6) is 0 Å². The molecule has 2 atom stereocenters. The molecule has 2 N–H and O–H groups in total. The maximum Gasteiger partial charge on any atom is 0.257 e. The van der Waals surface area contributed by atoms with Crippen molar-refractivity contribution in [1.29, 1.82) is 0 Å². The lowest BCUT2D eigenvalue weighted by Crippen LogP contribution is -2.37. The van der Waals surface area contributed by atoms with Crippen LogP contribution in [0.2, 0.25) is 0 Å². The number of ketones is 1. The van der Waals surface area contributed by atoms with E-state index in [2.05, 4.69) is 53.9 Å². The first-order chi connectivity index (χ1) is 14.2. The number of H-pyrrole nitrogens is 1. The molecular formula is C23H26BrN3O2S. The number of carbonyl (C=O) groups excluding carboxylic acids is 1. The number of rotatable bonds is 4. The minimum absolute atomic E-state index is 0.0950. The van der Waals surface area contributed by atoms with Gasteiger partial charge in [0.05, 0.1) is 5.56 Å². The van der Waals surface area contributed by atoms with Crippen molar-refractivity contribution >= 4 is 39.3 Å². The van der Waals surface area contributed by atoms with E-state index in [0.717, 1.165) is 28.6 Å². The topological polar surface area (TPSA) is 74.8 Å². The van der Waals surface area contributed by atoms with Gasteiger partial charge < -0.3 is 10.3 Å². The number of thioether (sulfide) groups is 1. The highest BCUT2D eigenvalue weighted by Gasteiger charge is 2.42. The molecule has 0 amide bonds. The number of benzene rings is 1. The van der Waals surface area contributed by atoms with Gasteiger partial charge in [-0.1, -0.05) is 73.6 Å². The molecule has 4 rings (SSSR count). The number of halogens is 1. The third-order valence-corrected chi connectivity index (χ3v) is 7.68. The van der Waals surface area contributed by atoms with E-state index in [4.69, 9.17) is 4.98 Å². The van der Waals surface area contributed by atoms with Crippen molar-refractivity contribution in [3.05, 3.63) is 61.5 Å². The summed E-state index contributed by atoms with van der Waals surface area (Å²) in [4.78, 5) is 34.2. The summed E-state index contributed by atoms with van der Waals surface area (Å²) < 4.78 is 0.879. The summed E-state index contributed by atoms with van der Waals surface area (Å²) in [7, 11) is 0. The van der Waals surface area contributed by atoms with Crippen LogP contribution < -0.4 is 10.9 Å². The van der Waals surface area contributed by atoms with Gasteiger partial charge in [-0.3, -0.25) is 9.59 Å². The molecule has 1 aromatic heterocycles. The van der Waals surface area contributed by atoms with Crippen LogP contribution in [0, 0.1) is 5.41 Å². The first-order valence-corrected chi connectivity index (χ1v) is 12.0. The van der Waals surface area contributed by atoms with Crippen molar-refractivity contribution in [1.82, 2.24) is 9.97 Å². The number of aromatic nitrogens is 2. The fourth-order valence-corrected chi connectivity index (χ4v) is 5.60. The second-order valence-corrected chi connectivity index (χ2v) is 11.2. The van der Waals surface area contributed by atoms with Crippen molar-refractivity contribution in [3.63, 3.8) is 0 Å². The second kappa shape index (κ2) is 8.00. The molecule has 2 aromatic rings. The van der Waals surface area contributed by atoms with Crippen LogP contribution in [-0.4, -0.2) is 21.0 Å². The summed E-state index contributed by atoms with van der Waals surface area (Å²) >= 11 is 5.19. The molecule has 2 heterocycles. The molecule has 0 unspecified atom stereocenters. The lowest BCUT2D eigenvalue weighted by Gasteiger charge is -2.38. The van der Waals surface area contributed by atoms with Crippen LogP contribution in [0.4, 0.5) is 5.82 Å². The lowest BCUT2D eigenvalue weighted by molar-refractivity contribution is -0.118. The average Bonchev–Trinajstić information content (AvgIpc) is 2.65. The molecule has 0 saturated carbocycles. The van der Waals surface area contributed by atoms with E-state index in [-0.39, 0.29) is 16.8 Å². The largest absolute Gasteiger partial charge is 0.343 e. The number of hydrogen-bond acceptors (Lipinski definition) is 5. The lowest BCUT2D eigenvalue weighted by atomic mass is 9.69. The van der Waals surface area contributed by atoms with Gasteiger partial charge in [-0.25, -0.2) is 4.98 Å². The summed E-state index contributed by atoms with van der Waals surface area (Å²) in [5.74, 6) is 0.224. The summed E-state index contributed by atoms with van der Waals surface area (Å²) in [6.07, 6.45) is 2.20. The number of nitrogens with one attached hydrogen (secondary N) is 2. The number of aromatic amines is 1. The highest BCUT2D eigenvalue weighted by atomic mass is 79.9. The Labute approximate surface area is 189 Å². The molecule has 1 aromatic carbocycles. The molecule has 0 bridgehead atoms. The summed E-state index contributed by atoms with van der Waals surface area (Å²) in [5, 5.41) is 4.33. The van der Waals surface area contributed by atoms with Crippen molar-refractivity contribution in [2.45, 2.75) is 63.3 Å². The Hall–Kier alpha value is -1.86. The van der Waals surface area contributed by atoms with Gasteiger partial charge in [-0.2, -0.15) is 0 Å². The van der Waals surface area contributed by atoms with E-state index in [9.17, 15) is 9.59 Å². The number of fused-ring (bicyclic) bond motifs is 1. The van der Waals surface area contributed by atoms with Gasteiger partial charge >= 0.3 is 0 Å². The van der Waals surface area contributed by atoms with Crippen LogP contribution in [0.25, 0.3) is 0 Å². The highest BCUT2D eigenvalue weighted by Crippen LogP contribution is 2.48. The molecule has 1 aliphatic carbocycles. The summed E-state index contributed by atoms with van der Waals surface area (Å²) in [6.45, 7) is 8.44. The molecule has 7 heteroatoms. The number of nitrogens with zero attached hydrogens (tertiary/aromatic N) is 1. The van der Waals surface area contributed by atoms with Crippen molar-refractivity contribution in [2.75, 3.05) is 5.32 Å². The Morgan fingerprint density at radius 3 is 2.70 bits per heavy atom. The van der Waals surface area contributed by atoms with Crippen LogP contribution in [0.15, 0.2) is 50.0 Å². The maximum atomic E-state index is 13.3. The van der Waals surface area contributed by atoms with Gasteiger partial charge in [0.15, 0.2) is 10.9 Å². The third-order valence-electron chi connectivity index (χ3n) is 5.80. The standard InChI is InChI=1S/C23H26BrN3O2S/c1-5-12(2)30-22-26-20-19(21(29)27-22)17(13-8-6-7-9-14(13)24)18-15(25-20)10-23(3,4)11-16(18)28/h6-9,12,17H,5,10-11H2,1-4H3,(H2,25,26,27,29)/t12-,17-/m0/s1. The minimum atomic E-state index is -0.436. The molecule has 0 spiro atoms. The predicted octanol–water partition coefficient (Wildman–Crippen LogP) is 5.62. The van der Waals surface area contributed by atoms with Crippen molar-refractivity contribution in [3.8, 4) is 0 Å². The molecule has 30 heavy (non-hydrogen) atoms. The third kappa shape index (κ3) is 3.89. The molecule has 2 aliphatic rings. The highest BCUT2D eigenvalue weighted by molar-refractivity contribution is 9.10. The van der Waals surface area contributed by atoms with E-state index < -0.39 is 5.92 Å². The number of anilines is 1. The smallest absolute Gasteiger partial charge is 0.257 e. The molecule has 0 radical (unpaired) electrons. The Morgan fingerprint density at radius 2 is 2.00 bits per heavy atom. The molecular weight excluding hydrogens is 462 g/mol. The fraction of sp³-hybridized carbons (Fsp3) is 0.435. The van der Waals surface area contributed by atoms with Gasteiger partial charge in [0.1, 0.15) is 5.82 Å². The molecule has 5 nitrogen and oxygen atoms in total. The molecule has 0 saturated heterocycles. The Kier molecular flexibility index (Phi) is 5.70. The summed E-state index contributed by atoms with van der Waals surface area (Å²) in [5.41, 5.74) is 2.69. The van der Waals surface area contributed by atoms with E-state index in [1.54, 1.807) is 11.8 Å². The number of allylic oxidation sites excluding steroid dienone is 2. The zero-order valence-electron chi connectivity index (χ0n) is 17.6.